The van der Waals surface area contributed by atoms with Crippen molar-refractivity contribution in [2.75, 3.05) is 0 Å². The molecule has 2 aromatic heterocycles. The van der Waals surface area contributed by atoms with E-state index in [1.54, 1.807) is 11.3 Å². The lowest BCUT2D eigenvalue weighted by Gasteiger charge is -2.05. The van der Waals surface area contributed by atoms with Crippen LogP contribution in [0.2, 0.25) is 5.02 Å². The highest BCUT2D eigenvalue weighted by Crippen LogP contribution is 2.27. The van der Waals surface area contributed by atoms with Gasteiger partial charge < -0.3 is 4.98 Å². The van der Waals surface area contributed by atoms with E-state index in [0.717, 1.165) is 16.7 Å². The van der Waals surface area contributed by atoms with Crippen molar-refractivity contribution in [3.63, 3.8) is 0 Å². The Balaban J connectivity index is 2.05. The fourth-order valence-electron chi connectivity index (χ4n) is 2.43. The van der Waals surface area contributed by atoms with Crippen LogP contribution in [0.3, 0.4) is 0 Å². The van der Waals surface area contributed by atoms with Gasteiger partial charge >= 0.3 is 0 Å². The number of fused-ring (bicyclic) bond motifs is 2. The van der Waals surface area contributed by atoms with E-state index in [1.165, 1.54) is 10.1 Å². The van der Waals surface area contributed by atoms with Gasteiger partial charge in [0.05, 0.1) is 11.0 Å². The number of benzene rings is 2. The molecule has 0 unspecified atom stereocenters. The number of nitrogens with zero attached hydrogens (tertiary/aromatic N) is 1. The second-order valence-corrected chi connectivity index (χ2v) is 6.34. The Hall–Kier alpha value is -1.62. The Morgan fingerprint density at radius 2 is 2.00 bits per heavy atom. The first kappa shape index (κ1) is 12.1. The normalized spacial score (nSPS) is 11.4. The molecule has 0 bridgehead atoms. The fourth-order valence-corrected chi connectivity index (χ4v) is 3.69. The van der Waals surface area contributed by atoms with Crippen molar-refractivity contribution in [2.45, 2.75) is 0 Å². The first-order valence-electron chi connectivity index (χ1n) is 6.10. The van der Waals surface area contributed by atoms with Gasteiger partial charge in [-0.3, -0.25) is 4.57 Å². The van der Waals surface area contributed by atoms with Crippen LogP contribution in [0, 0.1) is 4.77 Å². The third-order valence-electron chi connectivity index (χ3n) is 3.34. The maximum atomic E-state index is 6.03. The average Bonchev–Trinajstić information content (AvgIpc) is 3.00. The second kappa shape index (κ2) is 4.45. The number of nitrogens with one attached hydrogen (secondary N) is 1. The van der Waals surface area contributed by atoms with E-state index in [0.29, 0.717) is 9.79 Å². The molecule has 2 nitrogen and oxygen atoms in total. The summed E-state index contributed by atoms with van der Waals surface area (Å²) in [5.74, 6) is 0. The van der Waals surface area contributed by atoms with Crippen LogP contribution in [0.1, 0.15) is 0 Å². The van der Waals surface area contributed by atoms with Gasteiger partial charge in [-0.25, -0.2) is 0 Å². The summed E-state index contributed by atoms with van der Waals surface area (Å²) in [5, 5.41) is 4.04. The highest BCUT2D eigenvalue weighted by atomic mass is 35.5. The maximum absolute atomic E-state index is 6.03. The fraction of sp³-hybridized carbons (Fsp3) is 0. The minimum atomic E-state index is 0.678. The lowest BCUT2D eigenvalue weighted by atomic mass is 10.2. The molecule has 2 heterocycles. The molecule has 4 rings (SSSR count). The summed E-state index contributed by atoms with van der Waals surface area (Å²) in [7, 11) is 0. The van der Waals surface area contributed by atoms with E-state index >= 15 is 0 Å². The number of thiophene rings is 1. The molecule has 0 aliphatic rings. The number of hydrogen-bond acceptors (Lipinski definition) is 2. The minimum absolute atomic E-state index is 0.678. The molecular formula is C15H9ClN2S2. The SMILES string of the molecule is S=c1[nH]c2cc(Cl)ccc2n1-c1ccc2sccc2c1. The van der Waals surface area contributed by atoms with Crippen LogP contribution < -0.4 is 0 Å². The van der Waals surface area contributed by atoms with Crippen molar-refractivity contribution in [1.29, 1.82) is 0 Å². The Morgan fingerprint density at radius 1 is 1.10 bits per heavy atom. The van der Waals surface area contributed by atoms with E-state index in [9.17, 15) is 0 Å². The van der Waals surface area contributed by atoms with Crippen LogP contribution in [0.5, 0.6) is 0 Å². The lowest BCUT2D eigenvalue weighted by Crippen LogP contribution is -1.93. The largest absolute Gasteiger partial charge is 0.330 e. The molecule has 1 N–H and O–H groups in total. The van der Waals surface area contributed by atoms with E-state index < -0.39 is 0 Å². The van der Waals surface area contributed by atoms with Crippen molar-refractivity contribution < 1.29 is 0 Å². The predicted molar refractivity (Wildman–Crippen MR) is 88.9 cm³/mol. The second-order valence-electron chi connectivity index (χ2n) is 4.57. The number of rotatable bonds is 1. The number of halogens is 1. The molecule has 0 atom stereocenters. The summed E-state index contributed by atoms with van der Waals surface area (Å²) >= 11 is 13.2. The third-order valence-corrected chi connectivity index (χ3v) is 4.76. The van der Waals surface area contributed by atoms with E-state index in [2.05, 4.69) is 34.6 Å². The van der Waals surface area contributed by atoms with Gasteiger partial charge in [0, 0.05) is 15.4 Å². The summed E-state index contributed by atoms with van der Waals surface area (Å²) < 4.78 is 4.00. The van der Waals surface area contributed by atoms with Gasteiger partial charge in [-0.2, -0.15) is 0 Å². The van der Waals surface area contributed by atoms with Crippen LogP contribution in [0.25, 0.3) is 26.8 Å². The molecule has 2 aromatic carbocycles. The quantitative estimate of drug-likeness (QED) is 0.456. The zero-order valence-corrected chi connectivity index (χ0v) is 12.6. The topological polar surface area (TPSA) is 20.7 Å². The van der Waals surface area contributed by atoms with Gasteiger partial charge in [-0.05, 0) is 65.4 Å². The Kier molecular flexibility index (Phi) is 2.70. The zero-order chi connectivity index (χ0) is 13.7. The predicted octanol–water partition coefficient (Wildman–Crippen LogP) is 5.56. The van der Waals surface area contributed by atoms with E-state index in [-0.39, 0.29) is 0 Å². The van der Waals surface area contributed by atoms with Crippen LogP contribution in [-0.2, 0) is 0 Å². The van der Waals surface area contributed by atoms with Crippen LogP contribution in [-0.4, -0.2) is 9.55 Å². The van der Waals surface area contributed by atoms with E-state index in [4.69, 9.17) is 23.8 Å². The van der Waals surface area contributed by atoms with Crippen LogP contribution in [0.15, 0.2) is 47.8 Å². The summed E-state index contributed by atoms with van der Waals surface area (Å²) in [4.78, 5) is 3.20. The molecular weight excluding hydrogens is 308 g/mol. The Bertz CT molecular complexity index is 994. The molecule has 20 heavy (non-hydrogen) atoms. The summed E-state index contributed by atoms with van der Waals surface area (Å²) in [6.07, 6.45) is 0. The van der Waals surface area contributed by atoms with Gasteiger partial charge in [0.2, 0.25) is 0 Å². The molecule has 0 saturated carbocycles. The number of aromatic nitrogens is 2. The molecule has 0 amide bonds. The Labute approximate surface area is 129 Å². The maximum Gasteiger partial charge on any atom is 0.182 e. The van der Waals surface area contributed by atoms with E-state index in [1.807, 2.05) is 22.8 Å². The molecule has 0 radical (unpaired) electrons. The van der Waals surface area contributed by atoms with Crippen molar-refractivity contribution in [3.05, 3.63) is 57.6 Å². The highest BCUT2D eigenvalue weighted by molar-refractivity contribution is 7.71. The lowest BCUT2D eigenvalue weighted by molar-refractivity contribution is 1.07. The number of H-pyrrole nitrogens is 1. The minimum Gasteiger partial charge on any atom is -0.330 e. The van der Waals surface area contributed by atoms with Gasteiger partial charge in [0.1, 0.15) is 0 Å². The third kappa shape index (κ3) is 1.80. The summed E-state index contributed by atoms with van der Waals surface area (Å²) in [6, 6.07) is 14.3. The van der Waals surface area contributed by atoms with Gasteiger partial charge in [0.25, 0.3) is 0 Å². The molecule has 0 saturated heterocycles. The molecule has 0 spiro atoms. The van der Waals surface area contributed by atoms with Crippen molar-refractivity contribution in [2.24, 2.45) is 0 Å². The number of imidazole rings is 1. The van der Waals surface area contributed by atoms with Crippen LogP contribution >= 0.6 is 35.2 Å². The Morgan fingerprint density at radius 3 is 2.90 bits per heavy atom. The monoisotopic (exact) mass is 316 g/mol. The zero-order valence-electron chi connectivity index (χ0n) is 10.3. The number of hydrogen-bond donors (Lipinski definition) is 1. The first-order valence-corrected chi connectivity index (χ1v) is 7.77. The van der Waals surface area contributed by atoms with Crippen molar-refractivity contribution in [3.8, 4) is 5.69 Å². The highest BCUT2D eigenvalue weighted by Gasteiger charge is 2.08. The molecule has 5 heteroatoms. The van der Waals surface area contributed by atoms with Crippen molar-refractivity contribution in [1.82, 2.24) is 9.55 Å². The standard InChI is InChI=1S/C15H9ClN2S2/c16-10-1-3-13-12(8-10)17-15(19)18(13)11-2-4-14-9(7-11)5-6-20-14/h1-8H,(H,17,19). The number of aromatic amines is 1. The van der Waals surface area contributed by atoms with Crippen molar-refractivity contribution >= 4 is 56.3 Å². The molecule has 0 fully saturated rings. The molecule has 4 aromatic rings. The molecule has 98 valence electrons. The average molecular weight is 317 g/mol. The van der Waals surface area contributed by atoms with Gasteiger partial charge in [-0.1, -0.05) is 11.6 Å². The molecule has 0 aliphatic carbocycles. The van der Waals surface area contributed by atoms with Gasteiger partial charge in [-0.15, -0.1) is 11.3 Å². The van der Waals surface area contributed by atoms with Gasteiger partial charge in [0.15, 0.2) is 4.77 Å². The molecule has 0 aliphatic heterocycles. The summed E-state index contributed by atoms with van der Waals surface area (Å²) in [6.45, 7) is 0. The summed E-state index contributed by atoms with van der Waals surface area (Å²) in [5.41, 5.74) is 3.05. The van der Waals surface area contributed by atoms with Crippen LogP contribution in [0.4, 0.5) is 0 Å². The first-order chi connectivity index (χ1) is 9.72. The smallest absolute Gasteiger partial charge is 0.182 e.